The molecule has 0 spiro atoms. The molecule has 0 aliphatic carbocycles. The number of aliphatic carboxylic acids is 1. The molecule has 0 saturated carbocycles. The Balaban J connectivity index is 3.81. The quantitative estimate of drug-likeness (QED) is 0.579. The summed E-state index contributed by atoms with van der Waals surface area (Å²) in [6, 6.07) is 0.286. The Morgan fingerprint density at radius 2 is 2.10 bits per heavy atom. The summed E-state index contributed by atoms with van der Waals surface area (Å²) in [5, 5.41) is 11.3. The van der Waals surface area contributed by atoms with E-state index in [9.17, 15) is 4.79 Å². The molecule has 0 fully saturated rings. The third-order valence-corrected chi connectivity index (χ3v) is 0.971. The highest BCUT2D eigenvalue weighted by Crippen LogP contribution is 1.89. The van der Waals surface area contributed by atoms with Crippen LogP contribution in [0, 0.1) is 0 Å². The van der Waals surface area contributed by atoms with Gasteiger partial charge in [-0.3, -0.25) is 0 Å². The van der Waals surface area contributed by atoms with E-state index in [-0.39, 0.29) is 6.04 Å². The number of carbonyl (C=O) groups is 1. The molecule has 0 atom stereocenters. The molecule has 2 N–H and O–H groups in total. The molecule has 0 amide bonds. The monoisotopic (exact) mass is 143 g/mol. The van der Waals surface area contributed by atoms with Crippen LogP contribution >= 0.6 is 0 Å². The Labute approximate surface area is 60.7 Å². The van der Waals surface area contributed by atoms with Crippen molar-refractivity contribution in [2.24, 2.45) is 0 Å². The Kier molecular flexibility index (Phi) is 3.54. The first-order valence-corrected chi connectivity index (χ1v) is 3.20. The number of hydrogen-bond acceptors (Lipinski definition) is 2. The van der Waals surface area contributed by atoms with Gasteiger partial charge in [-0.1, -0.05) is 0 Å². The van der Waals surface area contributed by atoms with Gasteiger partial charge >= 0.3 is 5.97 Å². The lowest BCUT2D eigenvalue weighted by Gasteiger charge is -2.03. The fraction of sp³-hybridized carbons (Fsp3) is 0.571. The van der Waals surface area contributed by atoms with Crippen LogP contribution in [-0.4, -0.2) is 17.1 Å². The fourth-order valence-electron chi connectivity index (χ4n) is 0.353. The molecule has 0 aromatic carbocycles. The van der Waals surface area contributed by atoms with Crippen LogP contribution in [0.1, 0.15) is 20.8 Å². The fourth-order valence-corrected chi connectivity index (χ4v) is 0.353. The third kappa shape index (κ3) is 3.95. The van der Waals surface area contributed by atoms with E-state index in [1.807, 2.05) is 13.8 Å². The van der Waals surface area contributed by atoms with Crippen molar-refractivity contribution in [3.8, 4) is 0 Å². The van der Waals surface area contributed by atoms with Crippen molar-refractivity contribution < 1.29 is 9.90 Å². The molecule has 3 nitrogen and oxygen atoms in total. The van der Waals surface area contributed by atoms with Gasteiger partial charge in [0.15, 0.2) is 0 Å². The molecule has 0 aliphatic rings. The molecule has 3 heteroatoms. The summed E-state index contributed by atoms with van der Waals surface area (Å²) in [4.78, 5) is 10.2. The lowest BCUT2D eigenvalue weighted by atomic mass is 10.3. The van der Waals surface area contributed by atoms with E-state index in [0.717, 1.165) is 0 Å². The molecule has 0 bridgehead atoms. The van der Waals surface area contributed by atoms with Crippen LogP contribution in [0.15, 0.2) is 11.8 Å². The molecule has 58 valence electrons. The molecule has 0 aromatic heterocycles. The second-order valence-electron chi connectivity index (χ2n) is 2.45. The van der Waals surface area contributed by atoms with Crippen LogP contribution < -0.4 is 5.32 Å². The van der Waals surface area contributed by atoms with E-state index in [1.165, 1.54) is 6.20 Å². The van der Waals surface area contributed by atoms with E-state index < -0.39 is 5.97 Å². The molecule has 0 heterocycles. The highest BCUT2D eigenvalue weighted by atomic mass is 16.4. The standard InChI is InChI=1S/C7H13NO2/c1-5(2)8-4-6(3)7(9)10/h4-5,8H,1-3H3,(H,9,10). The van der Waals surface area contributed by atoms with Crippen molar-refractivity contribution in [2.45, 2.75) is 26.8 Å². The number of nitrogens with one attached hydrogen (secondary N) is 1. The molecule has 0 aromatic rings. The zero-order chi connectivity index (χ0) is 8.15. The lowest BCUT2D eigenvalue weighted by Crippen LogP contribution is -2.17. The summed E-state index contributed by atoms with van der Waals surface area (Å²) in [6.45, 7) is 5.45. The number of carboxylic acids is 1. The third-order valence-electron chi connectivity index (χ3n) is 0.971. The molecule has 0 unspecified atom stereocenters. The van der Waals surface area contributed by atoms with Crippen molar-refractivity contribution in [3.63, 3.8) is 0 Å². The van der Waals surface area contributed by atoms with E-state index >= 15 is 0 Å². The van der Waals surface area contributed by atoms with E-state index in [1.54, 1.807) is 6.92 Å². The van der Waals surface area contributed by atoms with Gasteiger partial charge < -0.3 is 10.4 Å². The van der Waals surface area contributed by atoms with Gasteiger partial charge in [-0.15, -0.1) is 0 Å². The maximum absolute atomic E-state index is 10.2. The Hall–Kier alpha value is -0.990. The number of rotatable bonds is 3. The summed E-state index contributed by atoms with van der Waals surface area (Å²) in [5.41, 5.74) is 0.328. The predicted molar refractivity (Wildman–Crippen MR) is 39.7 cm³/mol. The first kappa shape index (κ1) is 9.01. The minimum absolute atomic E-state index is 0.286. The highest BCUT2D eigenvalue weighted by molar-refractivity contribution is 5.85. The molecule has 0 aliphatic heterocycles. The lowest BCUT2D eigenvalue weighted by molar-refractivity contribution is -0.132. The summed E-state index contributed by atoms with van der Waals surface area (Å²) in [6.07, 6.45) is 1.51. The molecular weight excluding hydrogens is 130 g/mol. The average molecular weight is 143 g/mol. The first-order chi connectivity index (χ1) is 4.54. The smallest absolute Gasteiger partial charge is 0.332 e. The van der Waals surface area contributed by atoms with Gasteiger partial charge in [-0.25, -0.2) is 4.79 Å². The Morgan fingerprint density at radius 3 is 2.40 bits per heavy atom. The van der Waals surface area contributed by atoms with Crippen molar-refractivity contribution in [2.75, 3.05) is 0 Å². The van der Waals surface area contributed by atoms with Gasteiger partial charge in [0.05, 0.1) is 0 Å². The van der Waals surface area contributed by atoms with Crippen molar-refractivity contribution in [3.05, 3.63) is 11.8 Å². The summed E-state index contributed by atoms with van der Waals surface area (Å²) >= 11 is 0. The first-order valence-electron chi connectivity index (χ1n) is 3.20. The van der Waals surface area contributed by atoms with Gasteiger partial charge in [0, 0.05) is 17.8 Å². The predicted octanol–water partition coefficient (Wildman–Crippen LogP) is 0.973. The number of carboxylic acid groups (broad SMARTS) is 1. The topological polar surface area (TPSA) is 49.3 Å². The zero-order valence-electron chi connectivity index (χ0n) is 6.51. The Morgan fingerprint density at radius 1 is 1.60 bits per heavy atom. The van der Waals surface area contributed by atoms with Gasteiger partial charge in [0.2, 0.25) is 0 Å². The molecular formula is C7H13NO2. The minimum atomic E-state index is -0.881. The van der Waals surface area contributed by atoms with Crippen LogP contribution in [0.25, 0.3) is 0 Å². The Bertz CT molecular complexity index is 150. The van der Waals surface area contributed by atoms with Crippen LogP contribution in [0.4, 0.5) is 0 Å². The number of hydrogen-bond donors (Lipinski definition) is 2. The van der Waals surface area contributed by atoms with Crippen molar-refractivity contribution >= 4 is 5.97 Å². The molecule has 10 heavy (non-hydrogen) atoms. The van der Waals surface area contributed by atoms with Gasteiger partial charge in [-0.2, -0.15) is 0 Å². The molecule has 0 saturated heterocycles. The normalized spacial score (nSPS) is 11.8. The largest absolute Gasteiger partial charge is 0.478 e. The van der Waals surface area contributed by atoms with E-state index in [0.29, 0.717) is 5.57 Å². The zero-order valence-corrected chi connectivity index (χ0v) is 6.51. The van der Waals surface area contributed by atoms with E-state index in [4.69, 9.17) is 5.11 Å². The van der Waals surface area contributed by atoms with Gasteiger partial charge in [0.1, 0.15) is 0 Å². The maximum Gasteiger partial charge on any atom is 0.332 e. The van der Waals surface area contributed by atoms with Gasteiger partial charge in [-0.05, 0) is 20.8 Å². The van der Waals surface area contributed by atoms with Crippen LogP contribution in [0.5, 0.6) is 0 Å². The highest BCUT2D eigenvalue weighted by Gasteiger charge is 1.97. The van der Waals surface area contributed by atoms with Gasteiger partial charge in [0.25, 0.3) is 0 Å². The van der Waals surface area contributed by atoms with Crippen molar-refractivity contribution in [1.82, 2.24) is 5.32 Å². The molecule has 0 rings (SSSR count). The molecule has 0 radical (unpaired) electrons. The minimum Gasteiger partial charge on any atom is -0.478 e. The van der Waals surface area contributed by atoms with E-state index in [2.05, 4.69) is 5.32 Å². The summed E-state index contributed by atoms with van der Waals surface area (Å²) < 4.78 is 0. The van der Waals surface area contributed by atoms with Crippen LogP contribution in [-0.2, 0) is 4.79 Å². The van der Waals surface area contributed by atoms with Crippen LogP contribution in [0.3, 0.4) is 0 Å². The van der Waals surface area contributed by atoms with Crippen molar-refractivity contribution in [1.29, 1.82) is 0 Å². The second kappa shape index (κ2) is 3.93. The summed E-state index contributed by atoms with van der Waals surface area (Å²) in [7, 11) is 0. The average Bonchev–Trinajstić information content (AvgIpc) is 1.82. The maximum atomic E-state index is 10.2. The SMILES string of the molecule is CC(=CNC(C)C)C(=O)O. The second-order valence-corrected chi connectivity index (χ2v) is 2.45. The summed E-state index contributed by atoms with van der Waals surface area (Å²) in [5.74, 6) is -0.881. The van der Waals surface area contributed by atoms with Crippen LogP contribution in [0.2, 0.25) is 0 Å².